The molecular formula is C27H34F3N3O2. The fourth-order valence-electron chi connectivity index (χ4n) is 5.39. The quantitative estimate of drug-likeness (QED) is 0.556. The molecule has 8 heteroatoms. The van der Waals surface area contributed by atoms with Crippen LogP contribution in [0.4, 0.5) is 13.2 Å². The van der Waals surface area contributed by atoms with Gasteiger partial charge in [0, 0.05) is 26.7 Å². The Hall–Kier alpha value is -2.61. The molecule has 1 aromatic heterocycles. The van der Waals surface area contributed by atoms with Gasteiger partial charge in [0.15, 0.2) is 0 Å². The summed E-state index contributed by atoms with van der Waals surface area (Å²) in [6, 6.07) is 7.35. The first-order valence-electron chi connectivity index (χ1n) is 12.4. The zero-order chi connectivity index (χ0) is 25.2. The zero-order valence-corrected chi connectivity index (χ0v) is 20.7. The second-order valence-corrected chi connectivity index (χ2v) is 9.93. The maximum Gasteiger partial charge on any atom is 0.433 e. The van der Waals surface area contributed by atoms with E-state index in [1.807, 2.05) is 26.0 Å². The molecular weight excluding hydrogens is 455 g/mol. The number of aryl methyl sites for hydroxylation is 2. The van der Waals surface area contributed by atoms with E-state index in [9.17, 15) is 18.0 Å². The highest BCUT2D eigenvalue weighted by atomic mass is 19.4. The van der Waals surface area contributed by atoms with Crippen molar-refractivity contribution >= 4 is 5.91 Å². The molecule has 1 aromatic carbocycles. The molecule has 1 aliphatic carbocycles. The lowest BCUT2D eigenvalue weighted by molar-refractivity contribution is -0.142. The van der Waals surface area contributed by atoms with Crippen molar-refractivity contribution in [1.29, 1.82) is 0 Å². The van der Waals surface area contributed by atoms with E-state index < -0.39 is 11.9 Å². The Morgan fingerprint density at radius 2 is 1.77 bits per heavy atom. The summed E-state index contributed by atoms with van der Waals surface area (Å²) in [5.74, 6) is 0.722. The van der Waals surface area contributed by atoms with Crippen molar-refractivity contribution in [2.45, 2.75) is 71.2 Å². The zero-order valence-electron chi connectivity index (χ0n) is 20.7. The van der Waals surface area contributed by atoms with Gasteiger partial charge in [0.2, 0.25) is 5.91 Å². The Morgan fingerprint density at radius 3 is 2.37 bits per heavy atom. The predicted molar refractivity (Wildman–Crippen MR) is 128 cm³/mol. The Morgan fingerprint density at radius 1 is 1.11 bits per heavy atom. The number of ether oxygens (including phenoxy) is 1. The van der Waals surface area contributed by atoms with E-state index in [-0.39, 0.29) is 30.0 Å². The average Bonchev–Trinajstić information content (AvgIpc) is 2.80. The largest absolute Gasteiger partial charge is 0.487 e. The minimum absolute atomic E-state index is 0.0189. The van der Waals surface area contributed by atoms with Crippen LogP contribution in [0.1, 0.15) is 71.7 Å². The smallest absolute Gasteiger partial charge is 0.433 e. The molecule has 2 heterocycles. The van der Waals surface area contributed by atoms with Gasteiger partial charge in [-0.25, -0.2) is 4.98 Å². The summed E-state index contributed by atoms with van der Waals surface area (Å²) < 4.78 is 47.4. The first kappa shape index (κ1) is 25.5. The number of pyridine rings is 1. The average molecular weight is 490 g/mol. The molecule has 0 bridgehead atoms. The summed E-state index contributed by atoms with van der Waals surface area (Å²) in [6.45, 7) is 6.08. The van der Waals surface area contributed by atoms with E-state index >= 15 is 0 Å². The molecule has 1 N–H and O–H groups in total. The van der Waals surface area contributed by atoms with Crippen LogP contribution in [0.2, 0.25) is 0 Å². The van der Waals surface area contributed by atoms with Crippen molar-refractivity contribution in [3.8, 4) is 5.75 Å². The molecule has 1 saturated carbocycles. The number of amides is 1. The van der Waals surface area contributed by atoms with Crippen LogP contribution in [-0.2, 0) is 24.1 Å². The molecule has 1 saturated heterocycles. The highest BCUT2D eigenvalue weighted by Gasteiger charge is 2.38. The topological polar surface area (TPSA) is 54.5 Å². The molecule has 1 amide bonds. The first-order valence-corrected chi connectivity index (χ1v) is 12.4. The number of aromatic nitrogens is 1. The Balaban J connectivity index is 1.43. The summed E-state index contributed by atoms with van der Waals surface area (Å²) in [5, 5.41) is 2.69. The molecule has 2 aromatic rings. The maximum absolute atomic E-state index is 13.8. The van der Waals surface area contributed by atoms with Gasteiger partial charge in [-0.1, -0.05) is 37.5 Å². The van der Waals surface area contributed by atoms with Gasteiger partial charge in [-0.15, -0.1) is 0 Å². The van der Waals surface area contributed by atoms with Crippen LogP contribution in [0.3, 0.4) is 0 Å². The number of carbonyl (C=O) groups is 1. The third-order valence-corrected chi connectivity index (χ3v) is 7.16. The second-order valence-electron chi connectivity index (χ2n) is 9.93. The van der Waals surface area contributed by atoms with Crippen LogP contribution in [0.15, 0.2) is 24.3 Å². The third-order valence-electron chi connectivity index (χ3n) is 7.16. The highest BCUT2D eigenvalue weighted by Crippen LogP contribution is 2.40. The first-order chi connectivity index (χ1) is 16.7. The Labute approximate surface area is 205 Å². The number of nitrogens with one attached hydrogen (secondary N) is 1. The minimum Gasteiger partial charge on any atom is -0.487 e. The monoisotopic (exact) mass is 489 g/mol. The number of hydrogen-bond donors (Lipinski definition) is 1. The fourth-order valence-corrected chi connectivity index (χ4v) is 5.39. The summed E-state index contributed by atoms with van der Waals surface area (Å²) in [6.07, 6.45) is 0.110. The standard InChI is InChI=1S/C27H34F3N3O2/c1-17-11-19(13-33-14-21(15-33)26(34)31-3)12-18(2)24(17)35-16-22-9-10-23(20-7-5-4-6-8-20)25(32-22)27(28,29)30/h9-12,20-21H,4-8,13-16H2,1-3H3,(H,31,34). The summed E-state index contributed by atoms with van der Waals surface area (Å²) in [5.41, 5.74) is 2.82. The van der Waals surface area contributed by atoms with Crippen LogP contribution in [0, 0.1) is 19.8 Å². The van der Waals surface area contributed by atoms with Crippen molar-refractivity contribution in [2.75, 3.05) is 20.1 Å². The van der Waals surface area contributed by atoms with E-state index in [2.05, 4.69) is 15.2 Å². The number of benzene rings is 1. The van der Waals surface area contributed by atoms with E-state index in [0.717, 1.165) is 68.4 Å². The second kappa shape index (κ2) is 10.6. The van der Waals surface area contributed by atoms with Gasteiger partial charge in [-0.2, -0.15) is 13.2 Å². The number of nitrogens with zero attached hydrogens (tertiary/aromatic N) is 2. The molecule has 35 heavy (non-hydrogen) atoms. The van der Waals surface area contributed by atoms with Gasteiger partial charge in [0.25, 0.3) is 0 Å². The minimum atomic E-state index is -4.48. The van der Waals surface area contributed by atoms with Crippen molar-refractivity contribution in [1.82, 2.24) is 15.2 Å². The lowest BCUT2D eigenvalue weighted by atomic mass is 9.83. The Kier molecular flexibility index (Phi) is 7.69. The van der Waals surface area contributed by atoms with Crippen LogP contribution in [0.25, 0.3) is 0 Å². The number of rotatable bonds is 7. The van der Waals surface area contributed by atoms with Gasteiger partial charge in [-0.3, -0.25) is 9.69 Å². The van der Waals surface area contributed by atoms with Gasteiger partial charge in [0.05, 0.1) is 11.6 Å². The lowest BCUT2D eigenvalue weighted by Crippen LogP contribution is -2.52. The molecule has 0 unspecified atom stereocenters. The maximum atomic E-state index is 13.8. The molecule has 190 valence electrons. The molecule has 1 aliphatic heterocycles. The van der Waals surface area contributed by atoms with Crippen molar-refractivity contribution in [2.24, 2.45) is 5.92 Å². The SMILES string of the molecule is CNC(=O)C1CN(Cc2cc(C)c(OCc3ccc(C4CCCCC4)c(C(F)(F)F)n3)c(C)c2)C1. The van der Waals surface area contributed by atoms with Crippen molar-refractivity contribution in [3.63, 3.8) is 0 Å². The molecule has 0 radical (unpaired) electrons. The van der Waals surface area contributed by atoms with Gasteiger partial charge in [-0.05, 0) is 60.9 Å². The van der Waals surface area contributed by atoms with Crippen LogP contribution in [-0.4, -0.2) is 35.9 Å². The number of alkyl halides is 3. The molecule has 4 rings (SSSR count). The third kappa shape index (κ3) is 5.97. The van der Waals surface area contributed by atoms with Crippen LogP contribution in [0.5, 0.6) is 5.75 Å². The summed E-state index contributed by atoms with van der Waals surface area (Å²) >= 11 is 0. The number of halogens is 3. The predicted octanol–water partition coefficient (Wildman–Crippen LogP) is 5.52. The number of likely N-dealkylation sites (tertiary alicyclic amines) is 1. The lowest BCUT2D eigenvalue weighted by Gasteiger charge is -2.38. The highest BCUT2D eigenvalue weighted by molar-refractivity contribution is 5.79. The van der Waals surface area contributed by atoms with Crippen molar-refractivity contribution < 1.29 is 22.7 Å². The van der Waals surface area contributed by atoms with E-state index in [4.69, 9.17) is 4.74 Å². The van der Waals surface area contributed by atoms with E-state index in [1.54, 1.807) is 19.2 Å². The molecule has 5 nitrogen and oxygen atoms in total. The van der Waals surface area contributed by atoms with Crippen LogP contribution < -0.4 is 10.1 Å². The van der Waals surface area contributed by atoms with Crippen LogP contribution >= 0.6 is 0 Å². The molecule has 0 atom stereocenters. The number of carbonyl (C=O) groups excluding carboxylic acids is 1. The summed E-state index contributed by atoms with van der Waals surface area (Å²) in [4.78, 5) is 17.9. The molecule has 2 aliphatic rings. The van der Waals surface area contributed by atoms with Crippen molar-refractivity contribution in [3.05, 3.63) is 57.9 Å². The molecule has 2 fully saturated rings. The summed E-state index contributed by atoms with van der Waals surface area (Å²) in [7, 11) is 1.65. The normalized spacial score (nSPS) is 17.8. The molecule has 0 spiro atoms. The number of hydrogen-bond acceptors (Lipinski definition) is 4. The fraction of sp³-hybridized carbons (Fsp3) is 0.556. The van der Waals surface area contributed by atoms with Gasteiger partial charge < -0.3 is 10.1 Å². The Bertz CT molecular complexity index is 1040. The van der Waals surface area contributed by atoms with E-state index in [0.29, 0.717) is 11.3 Å². The van der Waals surface area contributed by atoms with Gasteiger partial charge >= 0.3 is 6.18 Å². The van der Waals surface area contributed by atoms with Gasteiger partial charge in [0.1, 0.15) is 18.1 Å². The van der Waals surface area contributed by atoms with E-state index in [1.165, 1.54) is 0 Å².